The molecule has 0 saturated heterocycles. The van der Waals surface area contributed by atoms with Crippen LogP contribution in [0.2, 0.25) is 0 Å². The lowest BCUT2D eigenvalue weighted by molar-refractivity contribution is 0.221. The van der Waals surface area contributed by atoms with Gasteiger partial charge in [-0.05, 0) is 13.8 Å². The maximum Gasteiger partial charge on any atom is 0.0605 e. The highest BCUT2D eigenvalue weighted by Gasteiger charge is 2.05. The third-order valence-corrected chi connectivity index (χ3v) is 0.288. The first-order chi connectivity index (χ1) is 3.25. The van der Waals surface area contributed by atoms with Crippen molar-refractivity contribution in [2.75, 3.05) is 6.56 Å². The van der Waals surface area contributed by atoms with Crippen molar-refractivity contribution < 1.29 is 7.85 Å². The summed E-state index contributed by atoms with van der Waals surface area (Å²) in [4.78, 5) is 0. The fraction of sp³-hybridized carbons (Fsp3) is 1.00. The van der Waals surface area contributed by atoms with Crippen LogP contribution in [0.4, 0.5) is 0 Å². The zero-order chi connectivity index (χ0) is 7.00. The van der Waals surface area contributed by atoms with Crippen molar-refractivity contribution in [3.8, 4) is 0 Å². The van der Waals surface area contributed by atoms with Crippen LogP contribution in [-0.4, -0.2) is 17.2 Å². The summed E-state index contributed by atoms with van der Waals surface area (Å²) in [5.41, 5.74) is 4.01. The van der Waals surface area contributed by atoms with Gasteiger partial charge in [-0.3, -0.25) is 0 Å². The minimum Gasteiger partial charge on any atom is -0.394 e. The largest absolute Gasteiger partial charge is 0.394 e. The quantitative estimate of drug-likeness (QED) is 0.466. The van der Waals surface area contributed by atoms with Gasteiger partial charge in [0.1, 0.15) is 0 Å². The SMILES string of the molecule is [2H]C([2H])(O)C(C)(C)N. The summed E-state index contributed by atoms with van der Waals surface area (Å²) < 4.78 is 13.4. The van der Waals surface area contributed by atoms with Gasteiger partial charge in [0.2, 0.25) is 0 Å². The van der Waals surface area contributed by atoms with Crippen molar-refractivity contribution in [1.82, 2.24) is 0 Å². The van der Waals surface area contributed by atoms with Crippen LogP contribution in [0.3, 0.4) is 0 Å². The Hall–Kier alpha value is -0.0800. The highest BCUT2D eigenvalue weighted by molar-refractivity contribution is 4.67. The summed E-state index contributed by atoms with van der Waals surface area (Å²) in [5, 5.41) is 8.56. The molecule has 0 radical (unpaired) electrons. The highest BCUT2D eigenvalue weighted by atomic mass is 16.3. The summed E-state index contributed by atoms with van der Waals surface area (Å²) in [7, 11) is 0. The van der Waals surface area contributed by atoms with Gasteiger partial charge in [0.15, 0.2) is 0 Å². The summed E-state index contributed by atoms with van der Waals surface area (Å²) >= 11 is 0. The summed E-state index contributed by atoms with van der Waals surface area (Å²) in [6.45, 7) is 0.562. The molecule has 0 fully saturated rings. The molecule has 0 bridgehead atoms. The molecule has 0 aromatic carbocycles. The molecule has 2 nitrogen and oxygen atoms in total. The molecule has 0 rings (SSSR count). The first-order valence-electron chi connectivity index (χ1n) is 2.76. The van der Waals surface area contributed by atoms with Gasteiger partial charge < -0.3 is 10.8 Å². The van der Waals surface area contributed by atoms with Crippen molar-refractivity contribution >= 4 is 0 Å². The van der Waals surface area contributed by atoms with Gasteiger partial charge >= 0.3 is 0 Å². The van der Waals surface area contributed by atoms with Gasteiger partial charge in [-0.15, -0.1) is 0 Å². The molecular formula is C4H11NO. The maximum atomic E-state index is 8.56. The Morgan fingerprint density at radius 2 is 2.17 bits per heavy atom. The minimum atomic E-state index is -2.28. The van der Waals surface area contributed by atoms with E-state index in [1.165, 1.54) is 13.8 Å². The van der Waals surface area contributed by atoms with Crippen molar-refractivity contribution in [3.05, 3.63) is 0 Å². The molecule has 6 heavy (non-hydrogen) atoms. The molecule has 2 heteroatoms. The minimum absolute atomic E-state index is 1.17. The summed E-state index contributed by atoms with van der Waals surface area (Å²) in [5.74, 6) is 0. The predicted molar refractivity (Wildman–Crippen MR) is 25.4 cm³/mol. The number of hydrogen-bond donors (Lipinski definition) is 2. The van der Waals surface area contributed by atoms with E-state index in [0.717, 1.165) is 0 Å². The van der Waals surface area contributed by atoms with E-state index in [4.69, 9.17) is 13.6 Å². The average Bonchev–Trinajstić information content (AvgIpc) is 1.25. The van der Waals surface area contributed by atoms with E-state index in [2.05, 4.69) is 0 Å². The molecule has 0 aliphatic rings. The monoisotopic (exact) mass is 91.1 g/mol. The van der Waals surface area contributed by atoms with Gasteiger partial charge in [-0.1, -0.05) is 0 Å². The standard InChI is InChI=1S/C4H11NO/c1-4(2,5)3-6/h6H,3,5H2,1-2H3/i3D2. The number of aliphatic hydroxyl groups is 1. The molecular weight excluding hydrogens is 78.0 g/mol. The molecule has 0 aliphatic heterocycles. The second-order valence-corrected chi connectivity index (χ2v) is 1.83. The van der Waals surface area contributed by atoms with E-state index in [9.17, 15) is 0 Å². The van der Waals surface area contributed by atoms with E-state index in [0.29, 0.717) is 0 Å². The van der Waals surface area contributed by atoms with Crippen molar-refractivity contribution in [1.29, 1.82) is 0 Å². The van der Waals surface area contributed by atoms with Crippen molar-refractivity contribution in [2.24, 2.45) is 5.73 Å². The molecule has 0 aliphatic carbocycles. The lowest BCUT2D eigenvalue weighted by Gasteiger charge is -2.12. The number of hydrogen-bond acceptors (Lipinski definition) is 2. The molecule has 0 spiro atoms. The molecule has 0 atom stereocenters. The van der Waals surface area contributed by atoms with Crippen LogP contribution in [0.25, 0.3) is 0 Å². The summed E-state index contributed by atoms with van der Waals surface area (Å²) in [6, 6.07) is 0. The second-order valence-electron chi connectivity index (χ2n) is 1.83. The molecule has 0 unspecified atom stereocenters. The number of rotatable bonds is 1. The summed E-state index contributed by atoms with van der Waals surface area (Å²) in [6.07, 6.45) is 0. The fourth-order valence-electron chi connectivity index (χ4n) is 0. The molecule has 0 saturated carbocycles. The predicted octanol–water partition coefficient (Wildman–Crippen LogP) is -0.284. The molecule has 0 heterocycles. The van der Waals surface area contributed by atoms with E-state index in [-0.39, 0.29) is 0 Å². The Morgan fingerprint density at radius 1 is 2.00 bits per heavy atom. The van der Waals surface area contributed by atoms with Crippen LogP contribution in [0.15, 0.2) is 0 Å². The Bertz CT molecular complexity index is 69.0. The smallest absolute Gasteiger partial charge is 0.0605 e. The Kier molecular flexibility index (Phi) is 0.787. The Labute approximate surface area is 40.8 Å². The second kappa shape index (κ2) is 1.58. The zero-order valence-corrected chi connectivity index (χ0v) is 4.02. The first-order valence-corrected chi connectivity index (χ1v) is 1.76. The molecule has 0 aromatic heterocycles. The topological polar surface area (TPSA) is 46.2 Å². The van der Waals surface area contributed by atoms with E-state index < -0.39 is 12.1 Å². The first kappa shape index (κ1) is 2.99. The van der Waals surface area contributed by atoms with Gasteiger partial charge in [0.05, 0.1) is 9.30 Å². The molecule has 0 amide bonds. The Balaban J connectivity index is 4.02. The van der Waals surface area contributed by atoms with Crippen LogP contribution >= 0.6 is 0 Å². The van der Waals surface area contributed by atoms with Crippen molar-refractivity contribution in [3.63, 3.8) is 0 Å². The third-order valence-electron chi connectivity index (χ3n) is 0.288. The van der Waals surface area contributed by atoms with E-state index >= 15 is 0 Å². The van der Waals surface area contributed by atoms with Crippen LogP contribution in [0.1, 0.15) is 16.6 Å². The van der Waals surface area contributed by atoms with Crippen LogP contribution in [0, 0.1) is 0 Å². The third kappa shape index (κ3) is 3.92. The van der Waals surface area contributed by atoms with E-state index in [1.807, 2.05) is 0 Å². The van der Waals surface area contributed by atoms with Gasteiger partial charge in [0.25, 0.3) is 0 Å². The lowest BCUT2D eigenvalue weighted by atomic mass is 10.1. The van der Waals surface area contributed by atoms with Gasteiger partial charge in [-0.25, -0.2) is 0 Å². The highest BCUT2D eigenvalue weighted by Crippen LogP contribution is 1.89. The molecule has 3 N–H and O–H groups in total. The van der Waals surface area contributed by atoms with Crippen LogP contribution in [-0.2, 0) is 0 Å². The Morgan fingerprint density at radius 3 is 2.17 bits per heavy atom. The fourth-order valence-corrected chi connectivity index (χ4v) is 0. The van der Waals surface area contributed by atoms with E-state index in [1.54, 1.807) is 0 Å². The van der Waals surface area contributed by atoms with Crippen LogP contribution < -0.4 is 5.73 Å². The number of nitrogens with two attached hydrogens (primary N) is 1. The molecule has 38 valence electrons. The maximum absolute atomic E-state index is 8.56. The normalized spacial score (nSPS) is 19.3. The van der Waals surface area contributed by atoms with Gasteiger partial charge in [0, 0.05) is 5.54 Å². The lowest BCUT2D eigenvalue weighted by Crippen LogP contribution is -2.35. The van der Waals surface area contributed by atoms with Crippen LogP contribution in [0.5, 0.6) is 0 Å². The average molecular weight is 91.2 g/mol. The van der Waals surface area contributed by atoms with Gasteiger partial charge in [-0.2, -0.15) is 0 Å². The molecule has 0 aromatic rings. The van der Waals surface area contributed by atoms with Crippen molar-refractivity contribution in [2.45, 2.75) is 19.4 Å². The zero-order valence-electron chi connectivity index (χ0n) is 6.02.